The molecule has 0 aliphatic rings. The SMILES string of the molecule is CC(=O)Oc1c(C(C)(C)C)oc(C)c1C. The van der Waals surface area contributed by atoms with Gasteiger partial charge in [0.1, 0.15) is 5.76 Å². The molecule has 1 heterocycles. The summed E-state index contributed by atoms with van der Waals surface area (Å²) < 4.78 is 10.8. The van der Waals surface area contributed by atoms with Crippen molar-refractivity contribution in [3.05, 3.63) is 17.1 Å². The molecule has 15 heavy (non-hydrogen) atoms. The minimum absolute atomic E-state index is 0.163. The quantitative estimate of drug-likeness (QED) is 0.668. The summed E-state index contributed by atoms with van der Waals surface area (Å²) in [4.78, 5) is 11.0. The van der Waals surface area contributed by atoms with Gasteiger partial charge in [-0.3, -0.25) is 4.79 Å². The molecular formula is C12H18O3. The molecule has 0 aliphatic heterocycles. The lowest BCUT2D eigenvalue weighted by Gasteiger charge is -2.16. The summed E-state index contributed by atoms with van der Waals surface area (Å²) in [5, 5.41) is 0. The molecule has 0 aliphatic carbocycles. The van der Waals surface area contributed by atoms with E-state index in [0.717, 1.165) is 17.1 Å². The number of aryl methyl sites for hydroxylation is 1. The molecular weight excluding hydrogens is 192 g/mol. The highest BCUT2D eigenvalue weighted by atomic mass is 16.5. The van der Waals surface area contributed by atoms with Crippen LogP contribution in [0.5, 0.6) is 5.75 Å². The Morgan fingerprint density at radius 3 is 2.20 bits per heavy atom. The Hall–Kier alpha value is -1.25. The second kappa shape index (κ2) is 3.72. The summed E-state index contributed by atoms with van der Waals surface area (Å²) in [5.41, 5.74) is 0.735. The molecule has 0 saturated heterocycles. The maximum Gasteiger partial charge on any atom is 0.308 e. The lowest BCUT2D eigenvalue weighted by atomic mass is 9.92. The van der Waals surface area contributed by atoms with E-state index in [1.165, 1.54) is 6.92 Å². The molecule has 0 unspecified atom stereocenters. The monoisotopic (exact) mass is 210 g/mol. The van der Waals surface area contributed by atoms with Gasteiger partial charge in [-0.15, -0.1) is 0 Å². The molecule has 3 heteroatoms. The Kier molecular flexibility index (Phi) is 2.93. The van der Waals surface area contributed by atoms with Crippen LogP contribution in [0.1, 0.15) is 44.8 Å². The van der Waals surface area contributed by atoms with E-state index in [9.17, 15) is 4.79 Å². The standard InChI is InChI=1S/C12H18O3/c1-7-8(2)14-11(12(4,5)6)10(7)15-9(3)13/h1-6H3. The second-order valence-corrected chi connectivity index (χ2v) is 4.79. The van der Waals surface area contributed by atoms with Crippen molar-refractivity contribution in [1.82, 2.24) is 0 Å². The lowest BCUT2D eigenvalue weighted by Crippen LogP contribution is -2.13. The van der Waals surface area contributed by atoms with Gasteiger partial charge in [-0.2, -0.15) is 0 Å². The number of ether oxygens (including phenoxy) is 1. The van der Waals surface area contributed by atoms with Crippen molar-refractivity contribution in [2.45, 2.75) is 47.0 Å². The van der Waals surface area contributed by atoms with E-state index in [0.29, 0.717) is 5.75 Å². The highest BCUT2D eigenvalue weighted by Crippen LogP contribution is 2.37. The molecule has 3 nitrogen and oxygen atoms in total. The first-order valence-corrected chi connectivity index (χ1v) is 5.02. The number of carbonyl (C=O) groups is 1. The van der Waals surface area contributed by atoms with Gasteiger partial charge in [-0.1, -0.05) is 20.8 Å². The minimum Gasteiger partial charge on any atom is -0.461 e. The van der Waals surface area contributed by atoms with Crippen LogP contribution >= 0.6 is 0 Å². The number of hydrogen-bond donors (Lipinski definition) is 0. The fourth-order valence-electron chi connectivity index (χ4n) is 1.37. The van der Waals surface area contributed by atoms with Crippen LogP contribution in [0.15, 0.2) is 4.42 Å². The molecule has 0 atom stereocenters. The third-order valence-electron chi connectivity index (χ3n) is 2.26. The first-order chi connectivity index (χ1) is 6.73. The van der Waals surface area contributed by atoms with Crippen LogP contribution in [0.4, 0.5) is 0 Å². The van der Waals surface area contributed by atoms with Gasteiger partial charge in [-0.25, -0.2) is 0 Å². The Balaban J connectivity index is 3.27. The van der Waals surface area contributed by atoms with Crippen LogP contribution in [0.3, 0.4) is 0 Å². The summed E-state index contributed by atoms with van der Waals surface area (Å²) in [6.45, 7) is 11.2. The van der Waals surface area contributed by atoms with Crippen LogP contribution in [0, 0.1) is 13.8 Å². The number of rotatable bonds is 1. The molecule has 1 rings (SSSR count). The normalized spacial score (nSPS) is 11.6. The van der Waals surface area contributed by atoms with Crippen molar-refractivity contribution < 1.29 is 13.9 Å². The summed E-state index contributed by atoms with van der Waals surface area (Å²) in [6, 6.07) is 0. The predicted octanol–water partition coefficient (Wildman–Crippen LogP) is 3.12. The van der Waals surface area contributed by atoms with Gasteiger partial charge in [0.2, 0.25) is 0 Å². The average Bonchev–Trinajstić information content (AvgIpc) is 2.30. The molecule has 0 amide bonds. The number of hydrogen-bond acceptors (Lipinski definition) is 3. The fourth-order valence-corrected chi connectivity index (χ4v) is 1.37. The van der Waals surface area contributed by atoms with Gasteiger partial charge in [0.05, 0.1) is 0 Å². The third-order valence-corrected chi connectivity index (χ3v) is 2.26. The van der Waals surface area contributed by atoms with Crippen LogP contribution < -0.4 is 4.74 Å². The van der Waals surface area contributed by atoms with E-state index in [2.05, 4.69) is 0 Å². The maximum absolute atomic E-state index is 11.0. The average molecular weight is 210 g/mol. The zero-order valence-corrected chi connectivity index (χ0v) is 10.2. The highest BCUT2D eigenvalue weighted by Gasteiger charge is 2.27. The molecule has 1 aromatic rings. The van der Waals surface area contributed by atoms with Crippen molar-refractivity contribution in [2.24, 2.45) is 0 Å². The van der Waals surface area contributed by atoms with Gasteiger partial charge < -0.3 is 9.15 Å². The van der Waals surface area contributed by atoms with E-state index in [1.54, 1.807) is 0 Å². The van der Waals surface area contributed by atoms with E-state index < -0.39 is 0 Å². The first kappa shape index (κ1) is 11.8. The van der Waals surface area contributed by atoms with E-state index >= 15 is 0 Å². The highest BCUT2D eigenvalue weighted by molar-refractivity contribution is 5.70. The van der Waals surface area contributed by atoms with Gasteiger partial charge in [0.25, 0.3) is 0 Å². The van der Waals surface area contributed by atoms with E-state index in [-0.39, 0.29) is 11.4 Å². The summed E-state index contributed by atoms with van der Waals surface area (Å²) in [6.07, 6.45) is 0. The van der Waals surface area contributed by atoms with Gasteiger partial charge in [-0.05, 0) is 13.8 Å². The van der Waals surface area contributed by atoms with Gasteiger partial charge in [0, 0.05) is 17.9 Å². The zero-order chi connectivity index (χ0) is 11.8. The van der Waals surface area contributed by atoms with Crippen LogP contribution in [-0.2, 0) is 10.2 Å². The molecule has 84 valence electrons. The number of furan rings is 1. The topological polar surface area (TPSA) is 39.4 Å². The second-order valence-electron chi connectivity index (χ2n) is 4.79. The lowest BCUT2D eigenvalue weighted by molar-refractivity contribution is -0.132. The van der Waals surface area contributed by atoms with Crippen molar-refractivity contribution in [3.8, 4) is 5.75 Å². The van der Waals surface area contributed by atoms with Gasteiger partial charge in [0.15, 0.2) is 11.5 Å². The van der Waals surface area contributed by atoms with Crippen molar-refractivity contribution >= 4 is 5.97 Å². The van der Waals surface area contributed by atoms with Crippen LogP contribution in [0.25, 0.3) is 0 Å². The maximum atomic E-state index is 11.0. The fraction of sp³-hybridized carbons (Fsp3) is 0.583. The first-order valence-electron chi connectivity index (χ1n) is 5.02. The van der Waals surface area contributed by atoms with Crippen LogP contribution in [-0.4, -0.2) is 5.97 Å². The van der Waals surface area contributed by atoms with Crippen LogP contribution in [0.2, 0.25) is 0 Å². The molecule has 0 saturated carbocycles. The molecule has 1 aromatic heterocycles. The Labute approximate surface area is 90.4 Å². The molecule has 0 spiro atoms. The Bertz CT molecular complexity index is 380. The smallest absolute Gasteiger partial charge is 0.308 e. The van der Waals surface area contributed by atoms with Crippen molar-refractivity contribution in [3.63, 3.8) is 0 Å². The van der Waals surface area contributed by atoms with Crippen molar-refractivity contribution in [1.29, 1.82) is 0 Å². The summed E-state index contributed by atoms with van der Waals surface area (Å²) in [5.74, 6) is 1.79. The molecule has 0 bridgehead atoms. The predicted molar refractivity (Wildman–Crippen MR) is 58.2 cm³/mol. The molecule has 0 radical (unpaired) electrons. The molecule has 0 fully saturated rings. The Morgan fingerprint density at radius 1 is 1.27 bits per heavy atom. The third kappa shape index (κ3) is 2.41. The molecule has 0 aromatic carbocycles. The van der Waals surface area contributed by atoms with E-state index in [4.69, 9.17) is 9.15 Å². The zero-order valence-electron chi connectivity index (χ0n) is 10.2. The minimum atomic E-state index is -0.315. The summed E-state index contributed by atoms with van der Waals surface area (Å²) >= 11 is 0. The largest absolute Gasteiger partial charge is 0.461 e. The van der Waals surface area contributed by atoms with E-state index in [1.807, 2.05) is 34.6 Å². The molecule has 0 N–H and O–H groups in total. The Morgan fingerprint density at radius 2 is 1.80 bits per heavy atom. The van der Waals surface area contributed by atoms with Gasteiger partial charge >= 0.3 is 5.97 Å². The number of esters is 1. The number of carbonyl (C=O) groups excluding carboxylic acids is 1. The summed E-state index contributed by atoms with van der Waals surface area (Å²) in [7, 11) is 0. The van der Waals surface area contributed by atoms with Crippen molar-refractivity contribution in [2.75, 3.05) is 0 Å².